The highest BCUT2D eigenvalue weighted by Crippen LogP contribution is 2.49. The van der Waals surface area contributed by atoms with Gasteiger partial charge in [0.25, 0.3) is 0 Å². The predicted molar refractivity (Wildman–Crippen MR) is 137 cm³/mol. The van der Waals surface area contributed by atoms with Gasteiger partial charge in [-0.25, -0.2) is 4.98 Å². The topological polar surface area (TPSA) is 66.2 Å². The number of allylic oxidation sites excluding steroid dienone is 2. The summed E-state index contributed by atoms with van der Waals surface area (Å²) in [7, 11) is 0. The van der Waals surface area contributed by atoms with Gasteiger partial charge in [-0.15, -0.1) is 0 Å². The van der Waals surface area contributed by atoms with Crippen molar-refractivity contribution in [1.29, 1.82) is 0 Å². The Bertz CT molecular complexity index is 1450. The highest BCUT2D eigenvalue weighted by Gasteiger charge is 2.48. The monoisotopic (exact) mass is 498 g/mol. The van der Waals surface area contributed by atoms with Gasteiger partial charge < -0.3 is 28.3 Å². The molecular formula is C30H30N2O5. The van der Waals surface area contributed by atoms with E-state index in [-0.39, 0.29) is 17.9 Å². The molecule has 0 bridgehead atoms. The Morgan fingerprint density at radius 2 is 1.95 bits per heavy atom. The van der Waals surface area contributed by atoms with Crippen molar-refractivity contribution in [2.45, 2.75) is 39.3 Å². The molecule has 4 aliphatic rings. The Hall–Kier alpha value is -3.87. The highest BCUT2D eigenvalue weighted by atomic mass is 16.6. The van der Waals surface area contributed by atoms with Crippen LogP contribution >= 0.6 is 0 Å². The molecule has 1 aliphatic carbocycles. The second-order valence-electron chi connectivity index (χ2n) is 10.3. The van der Waals surface area contributed by atoms with E-state index in [1.165, 1.54) is 5.70 Å². The lowest BCUT2D eigenvalue weighted by atomic mass is 9.73. The molecule has 37 heavy (non-hydrogen) atoms. The summed E-state index contributed by atoms with van der Waals surface area (Å²) < 4.78 is 30.1. The van der Waals surface area contributed by atoms with Gasteiger partial charge in [0.05, 0.1) is 24.2 Å². The third kappa shape index (κ3) is 3.51. The summed E-state index contributed by atoms with van der Waals surface area (Å²) in [4.78, 5) is 7.33. The van der Waals surface area contributed by atoms with Gasteiger partial charge in [-0.2, -0.15) is 0 Å². The second-order valence-corrected chi connectivity index (χ2v) is 10.3. The maximum atomic E-state index is 6.27. The first kappa shape index (κ1) is 22.3. The summed E-state index contributed by atoms with van der Waals surface area (Å²) in [6.07, 6.45) is 4.47. The third-order valence-corrected chi connectivity index (χ3v) is 7.85. The Kier molecular flexibility index (Phi) is 5.03. The van der Waals surface area contributed by atoms with Crippen molar-refractivity contribution >= 4 is 0 Å². The first-order chi connectivity index (χ1) is 18.0. The molecule has 0 saturated heterocycles. The molecule has 2 atom stereocenters. The first-order valence-corrected chi connectivity index (χ1v) is 12.9. The van der Waals surface area contributed by atoms with Crippen LogP contribution in [-0.4, -0.2) is 36.2 Å². The van der Waals surface area contributed by atoms with Crippen molar-refractivity contribution in [3.05, 3.63) is 82.9 Å². The molecule has 0 N–H and O–H groups in total. The molecule has 4 heterocycles. The summed E-state index contributed by atoms with van der Waals surface area (Å²) >= 11 is 0. The minimum absolute atomic E-state index is 0.261. The second kappa shape index (κ2) is 8.33. The minimum Gasteiger partial charge on any atom is -0.494 e. The molecule has 3 aliphatic heterocycles. The van der Waals surface area contributed by atoms with Crippen LogP contribution in [0, 0.1) is 12.8 Å². The highest BCUT2D eigenvalue weighted by molar-refractivity contribution is 5.72. The normalized spacial score (nSPS) is 23.3. The van der Waals surface area contributed by atoms with E-state index in [1.807, 2.05) is 24.3 Å². The summed E-state index contributed by atoms with van der Waals surface area (Å²) in [5.41, 5.74) is 5.04. The number of hydrogen-bond donors (Lipinski definition) is 0. The van der Waals surface area contributed by atoms with Crippen LogP contribution < -0.4 is 14.2 Å². The van der Waals surface area contributed by atoms with Crippen molar-refractivity contribution in [1.82, 2.24) is 9.88 Å². The van der Waals surface area contributed by atoms with E-state index in [4.69, 9.17) is 28.3 Å². The lowest BCUT2D eigenvalue weighted by Gasteiger charge is -2.47. The number of oxazole rings is 1. The van der Waals surface area contributed by atoms with Crippen molar-refractivity contribution < 1.29 is 23.4 Å². The molecule has 0 spiro atoms. The minimum atomic E-state index is -0.355. The lowest BCUT2D eigenvalue weighted by molar-refractivity contribution is 0.0831. The molecule has 2 aromatic carbocycles. The molecule has 7 nitrogen and oxygen atoms in total. The number of fused-ring (bicyclic) bond motifs is 3. The molecule has 1 aromatic heterocycles. The van der Waals surface area contributed by atoms with Gasteiger partial charge in [-0.05, 0) is 48.7 Å². The fourth-order valence-corrected chi connectivity index (χ4v) is 5.97. The van der Waals surface area contributed by atoms with E-state index in [1.54, 1.807) is 0 Å². The van der Waals surface area contributed by atoms with Crippen molar-refractivity contribution in [2.75, 3.05) is 26.4 Å². The number of benzene rings is 2. The number of hydrogen-bond acceptors (Lipinski definition) is 7. The van der Waals surface area contributed by atoms with Crippen LogP contribution in [0.25, 0.3) is 11.1 Å². The molecule has 0 saturated carbocycles. The summed E-state index contributed by atoms with van der Waals surface area (Å²) in [5, 5.41) is 0. The molecule has 3 aromatic rings. The fourth-order valence-electron chi connectivity index (χ4n) is 5.97. The quantitative estimate of drug-likeness (QED) is 0.439. The molecule has 7 rings (SSSR count). The molecule has 0 amide bonds. The van der Waals surface area contributed by atoms with Gasteiger partial charge in [-0.3, -0.25) is 0 Å². The average Bonchev–Trinajstić information content (AvgIpc) is 3.34. The zero-order chi connectivity index (χ0) is 25.1. The van der Waals surface area contributed by atoms with Gasteiger partial charge in [0, 0.05) is 5.92 Å². The summed E-state index contributed by atoms with van der Waals surface area (Å²) in [6, 6.07) is 12.1. The van der Waals surface area contributed by atoms with Crippen LogP contribution in [-0.2, 0) is 23.3 Å². The van der Waals surface area contributed by atoms with Gasteiger partial charge in [-0.1, -0.05) is 37.3 Å². The number of aromatic nitrogens is 1. The van der Waals surface area contributed by atoms with Crippen molar-refractivity contribution in [3.8, 4) is 28.4 Å². The van der Waals surface area contributed by atoms with Gasteiger partial charge in [0.2, 0.25) is 5.89 Å². The van der Waals surface area contributed by atoms with E-state index in [0.717, 1.165) is 57.7 Å². The number of rotatable bonds is 4. The lowest BCUT2D eigenvalue weighted by Crippen LogP contribution is -2.47. The zero-order valence-electron chi connectivity index (χ0n) is 21.4. The molecule has 0 radical (unpaired) electrons. The summed E-state index contributed by atoms with van der Waals surface area (Å²) in [5.74, 6) is 5.20. The Balaban J connectivity index is 1.16. The molecule has 2 unspecified atom stereocenters. The van der Waals surface area contributed by atoms with E-state index in [9.17, 15) is 0 Å². The molecular weight excluding hydrogens is 468 g/mol. The summed E-state index contributed by atoms with van der Waals surface area (Å²) in [6.45, 7) is 10.1. The standard InChI is InChI=1S/C30H30N2O5/c1-18-9-10-30(3)28-25(16-32-11-12-35-27(18)29(30)32)37-26(31-28)17-36-22-6-4-5-21(19(22)2)20-7-8-23-24(15-20)34-14-13-33-23/h4-10,15,18H,11-14,16-17H2,1-3H3. The Labute approximate surface area is 216 Å². The SMILES string of the molecule is Cc1c(OCc2nc3c(o2)CN2CCOC4=C2C3(C)C=CC4C)cccc1-c1ccc2c(c1)OCCO2. The Morgan fingerprint density at radius 1 is 1.08 bits per heavy atom. The maximum Gasteiger partial charge on any atom is 0.232 e. The maximum absolute atomic E-state index is 6.27. The molecule has 7 heteroatoms. The molecule has 0 fully saturated rings. The van der Waals surface area contributed by atoms with E-state index < -0.39 is 0 Å². The number of nitrogens with zero attached hydrogens (tertiary/aromatic N) is 2. The van der Waals surface area contributed by atoms with Gasteiger partial charge >= 0.3 is 0 Å². The first-order valence-electron chi connectivity index (χ1n) is 12.9. The van der Waals surface area contributed by atoms with Crippen LogP contribution in [0.3, 0.4) is 0 Å². The van der Waals surface area contributed by atoms with E-state index >= 15 is 0 Å². The van der Waals surface area contributed by atoms with Gasteiger partial charge in [0.1, 0.15) is 42.8 Å². The molecule has 190 valence electrons. The van der Waals surface area contributed by atoms with E-state index in [2.05, 4.69) is 50.0 Å². The van der Waals surface area contributed by atoms with Crippen LogP contribution in [0.15, 0.2) is 64.4 Å². The predicted octanol–water partition coefficient (Wildman–Crippen LogP) is 5.52. The van der Waals surface area contributed by atoms with Crippen LogP contribution in [0.1, 0.15) is 36.8 Å². The van der Waals surface area contributed by atoms with Crippen molar-refractivity contribution in [3.63, 3.8) is 0 Å². The van der Waals surface area contributed by atoms with Crippen LogP contribution in [0.2, 0.25) is 0 Å². The smallest absolute Gasteiger partial charge is 0.232 e. The fraction of sp³-hybridized carbons (Fsp3) is 0.367. The average molecular weight is 499 g/mol. The van der Waals surface area contributed by atoms with Crippen LogP contribution in [0.5, 0.6) is 17.2 Å². The van der Waals surface area contributed by atoms with Crippen LogP contribution in [0.4, 0.5) is 0 Å². The largest absolute Gasteiger partial charge is 0.494 e. The third-order valence-electron chi connectivity index (χ3n) is 7.85. The Morgan fingerprint density at radius 3 is 2.84 bits per heavy atom. The zero-order valence-corrected chi connectivity index (χ0v) is 21.4. The van der Waals surface area contributed by atoms with Gasteiger partial charge in [0.15, 0.2) is 18.1 Å². The van der Waals surface area contributed by atoms with E-state index in [0.29, 0.717) is 32.3 Å². The number of ether oxygens (including phenoxy) is 4. The van der Waals surface area contributed by atoms with Crippen molar-refractivity contribution in [2.24, 2.45) is 5.92 Å².